The summed E-state index contributed by atoms with van der Waals surface area (Å²) in [6.07, 6.45) is 4.81. The van der Waals surface area contributed by atoms with Crippen molar-refractivity contribution in [1.29, 1.82) is 0 Å². The Morgan fingerprint density at radius 1 is 1.35 bits per heavy atom. The Morgan fingerprint density at radius 2 is 2.10 bits per heavy atom. The van der Waals surface area contributed by atoms with Gasteiger partial charge in [0, 0.05) is 12.0 Å². The third-order valence-electron chi connectivity index (χ3n) is 5.57. The Bertz CT molecular complexity index is 973. The summed E-state index contributed by atoms with van der Waals surface area (Å²) >= 11 is 1.16. The van der Waals surface area contributed by atoms with E-state index in [-0.39, 0.29) is 23.0 Å². The second-order valence-corrected chi connectivity index (χ2v) is 8.71. The second kappa shape index (κ2) is 9.87. The Labute approximate surface area is 184 Å². The quantitative estimate of drug-likeness (QED) is 0.605. The Morgan fingerprint density at radius 3 is 2.74 bits per heavy atom. The summed E-state index contributed by atoms with van der Waals surface area (Å²) in [5.74, 6) is -2.21. The Balaban J connectivity index is 2.25. The number of nitrogens with zero attached hydrogens (tertiary/aromatic N) is 2. The summed E-state index contributed by atoms with van der Waals surface area (Å²) in [4.78, 5) is 11.6. The van der Waals surface area contributed by atoms with Crippen molar-refractivity contribution in [3.05, 3.63) is 70.8 Å². The van der Waals surface area contributed by atoms with E-state index >= 15 is 0 Å². The van der Waals surface area contributed by atoms with E-state index in [9.17, 15) is 18.0 Å². The minimum Gasteiger partial charge on any atom is -0.330 e. The molecule has 1 unspecified atom stereocenters. The summed E-state index contributed by atoms with van der Waals surface area (Å²) in [5.41, 5.74) is 7.49. The zero-order valence-electron chi connectivity index (χ0n) is 17.6. The summed E-state index contributed by atoms with van der Waals surface area (Å²) in [7, 11) is 0. The van der Waals surface area contributed by atoms with E-state index in [0.29, 0.717) is 19.4 Å². The van der Waals surface area contributed by atoms with E-state index in [0.717, 1.165) is 34.0 Å². The highest BCUT2D eigenvalue weighted by atomic mass is 32.2. The highest BCUT2D eigenvalue weighted by molar-refractivity contribution is 8.15. The maximum atomic E-state index is 14.8. The van der Waals surface area contributed by atoms with Gasteiger partial charge in [-0.15, -0.1) is 0 Å². The lowest BCUT2D eigenvalue weighted by atomic mass is 9.85. The van der Waals surface area contributed by atoms with Gasteiger partial charge >= 0.3 is 0 Å². The fraction of sp³-hybridized carbons (Fsp3) is 0.391. The second-order valence-electron chi connectivity index (χ2n) is 7.50. The molecule has 1 aliphatic carbocycles. The molecule has 1 amide bonds. The lowest BCUT2D eigenvalue weighted by molar-refractivity contribution is -0.137. The van der Waals surface area contributed by atoms with Crippen molar-refractivity contribution >= 4 is 22.7 Å². The van der Waals surface area contributed by atoms with Gasteiger partial charge in [-0.2, -0.15) is 5.10 Å². The average molecular weight is 450 g/mol. The van der Waals surface area contributed by atoms with Gasteiger partial charge in [-0.25, -0.2) is 18.2 Å². The summed E-state index contributed by atoms with van der Waals surface area (Å²) < 4.78 is 42.6. The molecule has 1 heterocycles. The molecular weight excluding hydrogens is 423 g/mol. The summed E-state index contributed by atoms with van der Waals surface area (Å²) in [5, 5.41) is 5.63. The third kappa shape index (κ3) is 4.36. The summed E-state index contributed by atoms with van der Waals surface area (Å²) in [6, 6.07) is 7.47. The SMILES string of the molecule is CC[C@H](CCN)C1(c2ccccc2C)SC(C2=C(F)C=CCC(F)=C2)=NN1C(=O)CF. The van der Waals surface area contributed by atoms with Gasteiger partial charge in [-0.1, -0.05) is 49.0 Å². The van der Waals surface area contributed by atoms with Crippen LogP contribution >= 0.6 is 11.8 Å². The first-order valence-corrected chi connectivity index (χ1v) is 11.1. The van der Waals surface area contributed by atoms with Crippen molar-refractivity contribution in [2.75, 3.05) is 13.2 Å². The van der Waals surface area contributed by atoms with Crippen LogP contribution in [-0.4, -0.2) is 29.2 Å². The lowest BCUT2D eigenvalue weighted by Gasteiger charge is -2.42. The monoisotopic (exact) mass is 449 g/mol. The Kier molecular flexibility index (Phi) is 7.43. The van der Waals surface area contributed by atoms with Crippen LogP contribution in [0.15, 0.2) is 64.8 Å². The number of nitrogens with two attached hydrogens (primary N) is 1. The van der Waals surface area contributed by atoms with E-state index in [2.05, 4.69) is 5.10 Å². The van der Waals surface area contributed by atoms with E-state index in [1.807, 2.05) is 38.1 Å². The number of thioether (sulfide) groups is 1. The van der Waals surface area contributed by atoms with Crippen LogP contribution in [0, 0.1) is 12.8 Å². The first kappa shape index (κ1) is 23.3. The molecule has 0 radical (unpaired) electrons. The van der Waals surface area contributed by atoms with Crippen LogP contribution in [0.1, 0.15) is 37.3 Å². The van der Waals surface area contributed by atoms with Crippen LogP contribution in [0.2, 0.25) is 0 Å². The standard InChI is InChI=1S/C23H26F3N3OS/c1-3-16(11-12-27)23(19-9-5-4-7-15(19)2)29(21(30)14-24)28-22(31-23)18-13-17(25)8-6-10-20(18)26/h4-7,9-10,13,16H,3,8,11-12,14,27H2,1-2H3/t16-,23?/m1/s1. The van der Waals surface area contributed by atoms with Crippen molar-refractivity contribution in [3.8, 4) is 0 Å². The number of aryl methyl sites for hydroxylation is 1. The molecule has 0 saturated heterocycles. The molecule has 2 atom stereocenters. The average Bonchev–Trinajstić information content (AvgIpc) is 3.07. The molecule has 0 bridgehead atoms. The molecule has 3 rings (SSSR count). The highest BCUT2D eigenvalue weighted by Crippen LogP contribution is 2.55. The van der Waals surface area contributed by atoms with E-state index in [4.69, 9.17) is 5.73 Å². The van der Waals surface area contributed by atoms with Crippen LogP contribution in [0.25, 0.3) is 0 Å². The smallest absolute Gasteiger partial charge is 0.275 e. The van der Waals surface area contributed by atoms with Gasteiger partial charge in [0.2, 0.25) is 0 Å². The highest BCUT2D eigenvalue weighted by Gasteiger charge is 2.53. The van der Waals surface area contributed by atoms with Crippen LogP contribution in [-0.2, 0) is 9.67 Å². The zero-order chi connectivity index (χ0) is 22.6. The van der Waals surface area contributed by atoms with Gasteiger partial charge < -0.3 is 5.73 Å². The minimum atomic E-state index is -1.25. The predicted molar refractivity (Wildman–Crippen MR) is 119 cm³/mol. The number of hydrogen-bond acceptors (Lipinski definition) is 4. The number of halogens is 3. The molecule has 31 heavy (non-hydrogen) atoms. The van der Waals surface area contributed by atoms with Crippen LogP contribution in [0.5, 0.6) is 0 Å². The third-order valence-corrected chi connectivity index (χ3v) is 7.10. The largest absolute Gasteiger partial charge is 0.330 e. The molecule has 4 nitrogen and oxygen atoms in total. The number of amides is 1. The minimum absolute atomic E-state index is 0.0321. The van der Waals surface area contributed by atoms with Crippen molar-refractivity contribution in [1.82, 2.24) is 5.01 Å². The zero-order valence-corrected chi connectivity index (χ0v) is 18.4. The van der Waals surface area contributed by atoms with Gasteiger partial charge in [0.15, 0.2) is 6.67 Å². The van der Waals surface area contributed by atoms with Gasteiger partial charge in [-0.3, -0.25) is 4.79 Å². The van der Waals surface area contributed by atoms with Gasteiger partial charge in [-0.05, 0) is 55.5 Å². The topological polar surface area (TPSA) is 58.7 Å². The molecule has 0 saturated carbocycles. The molecule has 1 aliphatic heterocycles. The molecular formula is C23H26F3N3OS. The van der Waals surface area contributed by atoms with Crippen LogP contribution in [0.3, 0.4) is 0 Å². The number of benzene rings is 1. The lowest BCUT2D eigenvalue weighted by Crippen LogP contribution is -2.48. The van der Waals surface area contributed by atoms with Gasteiger partial charge in [0.25, 0.3) is 5.91 Å². The first-order chi connectivity index (χ1) is 14.9. The Hall–Kier alpha value is -2.32. The number of carbonyl (C=O) groups excluding carboxylic acids is 1. The van der Waals surface area contributed by atoms with E-state index in [1.54, 1.807) is 0 Å². The van der Waals surface area contributed by atoms with Crippen molar-refractivity contribution in [2.24, 2.45) is 16.8 Å². The molecule has 1 aromatic carbocycles. The van der Waals surface area contributed by atoms with Crippen molar-refractivity contribution in [2.45, 2.75) is 38.0 Å². The van der Waals surface area contributed by atoms with Gasteiger partial charge in [0.1, 0.15) is 21.6 Å². The molecule has 166 valence electrons. The fourth-order valence-electron chi connectivity index (χ4n) is 4.09. The number of carbonyl (C=O) groups is 1. The molecule has 0 fully saturated rings. The molecule has 1 aromatic rings. The predicted octanol–water partition coefficient (Wildman–Crippen LogP) is 5.42. The van der Waals surface area contributed by atoms with Crippen molar-refractivity contribution < 1.29 is 18.0 Å². The van der Waals surface area contributed by atoms with Crippen LogP contribution in [0.4, 0.5) is 13.2 Å². The van der Waals surface area contributed by atoms with Crippen LogP contribution < -0.4 is 5.73 Å². The molecule has 8 heteroatoms. The van der Waals surface area contributed by atoms with E-state index < -0.39 is 29.1 Å². The number of hydrazone groups is 1. The number of allylic oxidation sites excluding steroid dienone is 5. The number of hydrogen-bond donors (Lipinski definition) is 1. The maximum Gasteiger partial charge on any atom is 0.275 e. The molecule has 0 spiro atoms. The summed E-state index contributed by atoms with van der Waals surface area (Å²) in [6.45, 7) is 2.96. The molecule has 0 aromatic heterocycles. The normalized spacial score (nSPS) is 22.3. The molecule has 2 N–H and O–H groups in total. The fourth-order valence-corrected chi connectivity index (χ4v) is 5.80. The number of rotatable bonds is 7. The van der Waals surface area contributed by atoms with E-state index in [1.165, 1.54) is 12.2 Å². The van der Waals surface area contributed by atoms with Crippen molar-refractivity contribution in [3.63, 3.8) is 0 Å². The maximum absolute atomic E-state index is 14.8. The molecule has 2 aliphatic rings. The number of alkyl halides is 1. The first-order valence-electron chi connectivity index (χ1n) is 10.2. The van der Waals surface area contributed by atoms with Gasteiger partial charge in [0.05, 0.1) is 0 Å².